The van der Waals surface area contributed by atoms with E-state index in [4.69, 9.17) is 5.73 Å². The summed E-state index contributed by atoms with van der Waals surface area (Å²) in [7, 11) is 0. The minimum absolute atomic E-state index is 0.367. The Morgan fingerprint density at radius 3 is 2.54 bits per heavy atom. The summed E-state index contributed by atoms with van der Waals surface area (Å²) in [6.45, 7) is 6.39. The third-order valence-corrected chi connectivity index (χ3v) is 5.58. The predicted molar refractivity (Wildman–Crippen MR) is 107 cm³/mol. The van der Waals surface area contributed by atoms with E-state index in [-0.39, 0.29) is 0 Å². The van der Waals surface area contributed by atoms with Gasteiger partial charge < -0.3 is 5.73 Å². The Hall–Kier alpha value is -2.68. The minimum Gasteiger partial charge on any atom is -0.368 e. The van der Waals surface area contributed by atoms with Gasteiger partial charge in [-0.3, -0.25) is 0 Å². The molecule has 0 amide bonds. The fourth-order valence-electron chi connectivity index (χ4n) is 3.75. The first-order valence-electron chi connectivity index (χ1n) is 9.28. The van der Waals surface area contributed by atoms with Crippen LogP contribution in [0.3, 0.4) is 0 Å². The molecule has 0 bridgehead atoms. The van der Waals surface area contributed by atoms with Gasteiger partial charge in [-0.2, -0.15) is 0 Å². The van der Waals surface area contributed by atoms with Crippen molar-refractivity contribution in [2.24, 2.45) is 5.92 Å². The van der Waals surface area contributed by atoms with Crippen LogP contribution in [0.15, 0.2) is 48.5 Å². The first-order chi connectivity index (χ1) is 12.5. The molecule has 0 aliphatic heterocycles. The summed E-state index contributed by atoms with van der Waals surface area (Å²) >= 11 is 0. The maximum absolute atomic E-state index is 6.02. The van der Waals surface area contributed by atoms with Crippen LogP contribution in [0, 0.1) is 26.7 Å². The van der Waals surface area contributed by atoms with Crippen molar-refractivity contribution in [3.63, 3.8) is 0 Å². The van der Waals surface area contributed by atoms with Crippen molar-refractivity contribution in [2.45, 2.75) is 39.5 Å². The van der Waals surface area contributed by atoms with Crippen LogP contribution in [0.5, 0.6) is 0 Å². The Labute approximate surface area is 155 Å². The molecule has 0 radical (unpaired) electrons. The largest absolute Gasteiger partial charge is 0.368 e. The number of hydrogen-bond donors (Lipinski definition) is 1. The maximum Gasteiger partial charge on any atom is 0.220 e. The quantitative estimate of drug-likeness (QED) is 0.725. The third kappa shape index (κ3) is 3.34. The van der Waals surface area contributed by atoms with Gasteiger partial charge in [0.15, 0.2) is 0 Å². The zero-order valence-corrected chi connectivity index (χ0v) is 15.7. The molecule has 0 spiro atoms. The molecule has 1 heterocycles. The average Bonchev–Trinajstić information content (AvgIpc) is 3.36. The van der Waals surface area contributed by atoms with Crippen molar-refractivity contribution in [1.82, 2.24) is 9.97 Å². The van der Waals surface area contributed by atoms with Gasteiger partial charge in [-0.05, 0) is 68.2 Å². The lowest BCUT2D eigenvalue weighted by Gasteiger charge is -2.10. The second-order valence-corrected chi connectivity index (χ2v) is 7.57. The molecule has 1 aliphatic carbocycles. The smallest absolute Gasteiger partial charge is 0.220 e. The van der Waals surface area contributed by atoms with Crippen LogP contribution < -0.4 is 5.73 Å². The molecule has 1 aromatic heterocycles. The number of aryl methyl sites for hydroxylation is 2. The van der Waals surface area contributed by atoms with Crippen LogP contribution >= 0.6 is 0 Å². The normalized spacial score (nSPS) is 18.7. The monoisotopic (exact) mass is 343 g/mol. The molecule has 3 heteroatoms. The topological polar surface area (TPSA) is 51.8 Å². The summed E-state index contributed by atoms with van der Waals surface area (Å²) in [6, 6.07) is 17.3. The molecule has 3 nitrogen and oxygen atoms in total. The molecule has 26 heavy (non-hydrogen) atoms. The second-order valence-electron chi connectivity index (χ2n) is 7.57. The molecule has 1 aliphatic rings. The molecule has 2 aromatic carbocycles. The van der Waals surface area contributed by atoms with Crippen molar-refractivity contribution >= 4 is 5.95 Å². The van der Waals surface area contributed by atoms with Gasteiger partial charge in [-0.1, -0.05) is 48.0 Å². The fourth-order valence-corrected chi connectivity index (χ4v) is 3.75. The van der Waals surface area contributed by atoms with Crippen LogP contribution in [-0.2, 0) is 6.42 Å². The van der Waals surface area contributed by atoms with Crippen molar-refractivity contribution < 1.29 is 0 Å². The van der Waals surface area contributed by atoms with Gasteiger partial charge >= 0.3 is 0 Å². The van der Waals surface area contributed by atoms with Crippen LogP contribution in [0.1, 0.15) is 40.3 Å². The van der Waals surface area contributed by atoms with Gasteiger partial charge in [-0.25, -0.2) is 9.97 Å². The van der Waals surface area contributed by atoms with E-state index < -0.39 is 0 Å². The zero-order chi connectivity index (χ0) is 18.3. The van der Waals surface area contributed by atoms with Gasteiger partial charge in [0.05, 0.1) is 5.69 Å². The van der Waals surface area contributed by atoms with E-state index >= 15 is 0 Å². The Morgan fingerprint density at radius 2 is 1.77 bits per heavy atom. The van der Waals surface area contributed by atoms with E-state index in [1.165, 1.54) is 28.7 Å². The molecule has 132 valence electrons. The maximum atomic E-state index is 6.02. The number of aromatic nitrogens is 2. The Balaban J connectivity index is 1.56. The Kier molecular flexibility index (Phi) is 4.23. The van der Waals surface area contributed by atoms with Crippen LogP contribution in [-0.4, -0.2) is 9.97 Å². The van der Waals surface area contributed by atoms with E-state index in [2.05, 4.69) is 79.3 Å². The number of rotatable bonds is 4. The zero-order valence-electron chi connectivity index (χ0n) is 15.7. The number of anilines is 1. The molecule has 1 saturated carbocycles. The summed E-state index contributed by atoms with van der Waals surface area (Å²) in [6.07, 6.45) is 2.19. The number of benzene rings is 2. The lowest BCUT2D eigenvalue weighted by Crippen LogP contribution is -2.03. The summed E-state index contributed by atoms with van der Waals surface area (Å²) in [4.78, 5) is 8.99. The molecule has 2 atom stereocenters. The van der Waals surface area contributed by atoms with Crippen LogP contribution in [0.4, 0.5) is 5.95 Å². The SMILES string of the molecule is Cc1ccc(C2CC2Cc2cc(-c3cccc(C)c3C)nc(N)n2)cc1. The van der Waals surface area contributed by atoms with Crippen molar-refractivity contribution in [1.29, 1.82) is 0 Å². The van der Waals surface area contributed by atoms with Crippen LogP contribution in [0.25, 0.3) is 11.3 Å². The molecule has 1 fully saturated rings. The summed E-state index contributed by atoms with van der Waals surface area (Å²) in [5.74, 6) is 1.67. The van der Waals surface area contributed by atoms with E-state index in [1.54, 1.807) is 0 Å². The number of nitrogen functional groups attached to an aromatic ring is 1. The molecule has 4 rings (SSSR count). The second kappa shape index (κ2) is 6.56. The van der Waals surface area contributed by atoms with Gasteiger partial charge in [0, 0.05) is 11.3 Å². The molecular weight excluding hydrogens is 318 g/mol. The summed E-state index contributed by atoms with van der Waals surface area (Å²) < 4.78 is 0. The van der Waals surface area contributed by atoms with Gasteiger partial charge in [0.2, 0.25) is 5.95 Å². The van der Waals surface area contributed by atoms with Crippen LogP contribution in [0.2, 0.25) is 0 Å². The van der Waals surface area contributed by atoms with Crippen molar-refractivity contribution in [2.75, 3.05) is 5.73 Å². The summed E-state index contributed by atoms with van der Waals surface area (Å²) in [5.41, 5.74) is 14.4. The Bertz CT molecular complexity index is 944. The number of hydrogen-bond acceptors (Lipinski definition) is 3. The molecule has 2 unspecified atom stereocenters. The highest BCUT2D eigenvalue weighted by Gasteiger charge is 2.38. The lowest BCUT2D eigenvalue weighted by atomic mass is 9.99. The highest BCUT2D eigenvalue weighted by Crippen LogP contribution is 2.49. The highest BCUT2D eigenvalue weighted by molar-refractivity contribution is 5.66. The first-order valence-corrected chi connectivity index (χ1v) is 9.28. The van der Waals surface area contributed by atoms with Gasteiger partial charge in [0.1, 0.15) is 0 Å². The van der Waals surface area contributed by atoms with Crippen molar-refractivity contribution in [3.05, 3.63) is 76.5 Å². The van der Waals surface area contributed by atoms with E-state index in [0.717, 1.165) is 23.4 Å². The first kappa shape index (κ1) is 16.8. The van der Waals surface area contributed by atoms with Gasteiger partial charge in [-0.15, -0.1) is 0 Å². The average molecular weight is 343 g/mol. The minimum atomic E-state index is 0.367. The Morgan fingerprint density at radius 1 is 1.00 bits per heavy atom. The summed E-state index contributed by atoms with van der Waals surface area (Å²) in [5, 5.41) is 0. The predicted octanol–water partition coefficient (Wildman–Crippen LogP) is 5.00. The standard InChI is InChI=1S/C23H25N3/c1-14-7-9-17(10-8-14)21-12-18(21)11-19-13-22(26-23(24)25-19)20-6-4-5-15(2)16(20)3/h4-10,13,18,21H,11-12H2,1-3H3,(H2,24,25,26). The highest BCUT2D eigenvalue weighted by atomic mass is 15.0. The molecule has 0 saturated heterocycles. The van der Waals surface area contributed by atoms with E-state index in [1.807, 2.05) is 0 Å². The third-order valence-electron chi connectivity index (χ3n) is 5.58. The van der Waals surface area contributed by atoms with Crippen molar-refractivity contribution in [3.8, 4) is 11.3 Å². The number of nitrogens with zero attached hydrogens (tertiary/aromatic N) is 2. The molecular formula is C23H25N3. The molecule has 3 aromatic rings. The lowest BCUT2D eigenvalue weighted by molar-refractivity contribution is 0.771. The van der Waals surface area contributed by atoms with E-state index in [9.17, 15) is 0 Å². The number of nitrogens with two attached hydrogens (primary N) is 1. The van der Waals surface area contributed by atoms with E-state index in [0.29, 0.717) is 17.8 Å². The fraction of sp³-hybridized carbons (Fsp3) is 0.304. The molecule has 2 N–H and O–H groups in total. The van der Waals surface area contributed by atoms with Gasteiger partial charge in [0.25, 0.3) is 0 Å².